The van der Waals surface area contributed by atoms with Crippen molar-refractivity contribution in [2.75, 3.05) is 52.9 Å². The highest BCUT2D eigenvalue weighted by molar-refractivity contribution is 5.69. The molecule has 3 aliphatic heterocycles. The maximum atomic E-state index is 11.7. The van der Waals surface area contributed by atoms with Crippen molar-refractivity contribution in [2.24, 2.45) is 11.8 Å². The molecule has 8 heteroatoms. The molecule has 2 N–H and O–H groups in total. The molecule has 0 aromatic rings. The van der Waals surface area contributed by atoms with Crippen molar-refractivity contribution in [1.29, 1.82) is 0 Å². The second kappa shape index (κ2) is 8.54. The van der Waals surface area contributed by atoms with E-state index in [1.54, 1.807) is 11.9 Å². The van der Waals surface area contributed by atoms with Crippen LogP contribution in [0, 0.1) is 11.8 Å². The number of hydrogen-bond acceptors (Lipinski definition) is 6. The normalized spacial score (nSPS) is 30.4. The molecule has 26 heavy (non-hydrogen) atoms. The SMILES string of the molecule is CCC(C1CCNCC1)C1CN(C2CN(C)C(=O)O2)CCN1CC(=O)O. The van der Waals surface area contributed by atoms with Gasteiger partial charge in [0.05, 0.1) is 13.1 Å². The number of carbonyl (C=O) groups excluding carboxylic acids is 1. The molecule has 8 nitrogen and oxygen atoms in total. The molecule has 0 saturated carbocycles. The Morgan fingerprint density at radius 1 is 1.31 bits per heavy atom. The number of nitrogens with one attached hydrogen (secondary N) is 1. The fourth-order valence-corrected chi connectivity index (χ4v) is 4.84. The van der Waals surface area contributed by atoms with E-state index in [0.717, 1.165) is 45.4 Å². The summed E-state index contributed by atoms with van der Waals surface area (Å²) in [6.07, 6.45) is 2.86. The number of carbonyl (C=O) groups is 2. The number of carboxylic acids is 1. The minimum Gasteiger partial charge on any atom is -0.480 e. The summed E-state index contributed by atoms with van der Waals surface area (Å²) in [4.78, 5) is 29.1. The molecule has 3 rings (SSSR count). The number of piperazine rings is 1. The second-order valence-corrected chi connectivity index (χ2v) is 7.80. The number of nitrogens with zero attached hydrogens (tertiary/aromatic N) is 3. The zero-order valence-electron chi connectivity index (χ0n) is 15.9. The molecule has 3 aliphatic rings. The fraction of sp³-hybridized carbons (Fsp3) is 0.889. The molecular formula is C18H32N4O4. The van der Waals surface area contributed by atoms with Crippen LogP contribution >= 0.6 is 0 Å². The van der Waals surface area contributed by atoms with Crippen molar-refractivity contribution >= 4 is 12.1 Å². The van der Waals surface area contributed by atoms with Gasteiger partial charge in [-0.2, -0.15) is 0 Å². The fourth-order valence-electron chi connectivity index (χ4n) is 4.84. The van der Waals surface area contributed by atoms with Gasteiger partial charge in [0.25, 0.3) is 0 Å². The van der Waals surface area contributed by atoms with Gasteiger partial charge in [-0.1, -0.05) is 13.3 Å². The second-order valence-electron chi connectivity index (χ2n) is 7.80. The first kappa shape index (κ1) is 19.4. The molecule has 3 atom stereocenters. The minimum absolute atomic E-state index is 0.0876. The molecule has 3 saturated heterocycles. The molecule has 1 amide bonds. The summed E-state index contributed by atoms with van der Waals surface area (Å²) in [6.45, 7) is 7.17. The van der Waals surface area contributed by atoms with Crippen LogP contribution in [0.25, 0.3) is 0 Å². The van der Waals surface area contributed by atoms with Gasteiger partial charge in [0.2, 0.25) is 0 Å². The Bertz CT molecular complexity index is 511. The van der Waals surface area contributed by atoms with E-state index in [2.05, 4.69) is 22.0 Å². The molecule has 3 fully saturated rings. The van der Waals surface area contributed by atoms with Gasteiger partial charge >= 0.3 is 12.1 Å². The molecular weight excluding hydrogens is 336 g/mol. The molecule has 0 aromatic heterocycles. The van der Waals surface area contributed by atoms with E-state index in [9.17, 15) is 14.7 Å². The first-order chi connectivity index (χ1) is 12.5. The topological polar surface area (TPSA) is 85.4 Å². The molecule has 0 aromatic carbocycles. The van der Waals surface area contributed by atoms with E-state index in [-0.39, 0.29) is 24.9 Å². The Balaban J connectivity index is 1.73. The van der Waals surface area contributed by atoms with Gasteiger partial charge < -0.3 is 20.1 Å². The van der Waals surface area contributed by atoms with Gasteiger partial charge in [-0.25, -0.2) is 4.79 Å². The molecule has 3 heterocycles. The molecule has 148 valence electrons. The van der Waals surface area contributed by atoms with Crippen LogP contribution in [0.4, 0.5) is 4.79 Å². The Morgan fingerprint density at radius 2 is 2.04 bits per heavy atom. The van der Waals surface area contributed by atoms with Gasteiger partial charge in [-0.05, 0) is 37.8 Å². The third kappa shape index (κ3) is 4.29. The predicted molar refractivity (Wildman–Crippen MR) is 96.8 cm³/mol. The van der Waals surface area contributed by atoms with Crippen LogP contribution in [-0.2, 0) is 9.53 Å². The van der Waals surface area contributed by atoms with Gasteiger partial charge in [0.15, 0.2) is 6.23 Å². The maximum absolute atomic E-state index is 11.7. The number of likely N-dealkylation sites (N-methyl/N-ethyl adjacent to an activating group) is 1. The van der Waals surface area contributed by atoms with Gasteiger partial charge in [0, 0.05) is 32.7 Å². The number of hydrogen-bond donors (Lipinski definition) is 2. The van der Waals surface area contributed by atoms with Crippen molar-refractivity contribution in [1.82, 2.24) is 20.0 Å². The third-order valence-electron chi connectivity index (χ3n) is 6.24. The first-order valence-electron chi connectivity index (χ1n) is 9.82. The van der Waals surface area contributed by atoms with E-state index in [1.165, 1.54) is 0 Å². The van der Waals surface area contributed by atoms with E-state index < -0.39 is 5.97 Å². The number of amides is 1. The Morgan fingerprint density at radius 3 is 2.62 bits per heavy atom. The number of carboxylic acid groups (broad SMARTS) is 1. The summed E-state index contributed by atoms with van der Waals surface area (Å²) in [5.74, 6) is 0.320. The van der Waals surface area contributed by atoms with E-state index in [1.807, 2.05) is 0 Å². The summed E-state index contributed by atoms with van der Waals surface area (Å²) < 4.78 is 5.50. The summed E-state index contributed by atoms with van der Waals surface area (Å²) in [7, 11) is 1.75. The summed E-state index contributed by atoms with van der Waals surface area (Å²) in [5.41, 5.74) is 0. The number of ether oxygens (including phenoxy) is 1. The highest BCUT2D eigenvalue weighted by Gasteiger charge is 2.41. The zero-order chi connectivity index (χ0) is 18.7. The maximum Gasteiger partial charge on any atom is 0.411 e. The molecule has 0 aliphatic carbocycles. The minimum atomic E-state index is -0.768. The molecule has 0 spiro atoms. The van der Waals surface area contributed by atoms with E-state index >= 15 is 0 Å². The van der Waals surface area contributed by atoms with Gasteiger partial charge in [-0.3, -0.25) is 14.6 Å². The quantitative estimate of drug-likeness (QED) is 0.706. The smallest absolute Gasteiger partial charge is 0.411 e. The molecule has 0 bridgehead atoms. The largest absolute Gasteiger partial charge is 0.480 e. The Kier molecular flexibility index (Phi) is 6.37. The standard InChI is InChI=1S/C18H32N4O4/c1-3-14(13-4-6-19-7-5-13)15-10-22(9-8-21(15)12-17(23)24)16-11-20(2)18(25)26-16/h13-16,19H,3-12H2,1-2H3,(H,23,24). The van der Waals surface area contributed by atoms with Crippen molar-refractivity contribution < 1.29 is 19.4 Å². The van der Waals surface area contributed by atoms with Crippen LogP contribution < -0.4 is 5.32 Å². The van der Waals surface area contributed by atoms with Crippen LogP contribution in [0.2, 0.25) is 0 Å². The summed E-state index contributed by atoms with van der Waals surface area (Å²) >= 11 is 0. The number of cyclic esters (lactones) is 1. The molecule has 0 radical (unpaired) electrons. The highest BCUT2D eigenvalue weighted by Crippen LogP contribution is 2.32. The average molecular weight is 368 g/mol. The van der Waals surface area contributed by atoms with Crippen LogP contribution in [0.3, 0.4) is 0 Å². The number of piperidine rings is 1. The lowest BCUT2D eigenvalue weighted by Gasteiger charge is -2.47. The van der Waals surface area contributed by atoms with Crippen molar-refractivity contribution in [3.8, 4) is 0 Å². The summed E-state index contributed by atoms with van der Waals surface area (Å²) in [5, 5.41) is 12.8. The van der Waals surface area contributed by atoms with Crippen LogP contribution in [0.15, 0.2) is 0 Å². The number of rotatable bonds is 6. The van der Waals surface area contributed by atoms with Crippen molar-refractivity contribution in [3.63, 3.8) is 0 Å². The zero-order valence-corrected chi connectivity index (χ0v) is 15.9. The predicted octanol–water partition coefficient (Wildman–Crippen LogP) is 0.491. The van der Waals surface area contributed by atoms with E-state index in [4.69, 9.17) is 4.74 Å². The number of aliphatic carboxylic acids is 1. The summed E-state index contributed by atoms with van der Waals surface area (Å²) in [6, 6.07) is 0.192. The van der Waals surface area contributed by atoms with E-state index in [0.29, 0.717) is 24.9 Å². The van der Waals surface area contributed by atoms with Crippen molar-refractivity contribution in [2.45, 2.75) is 38.5 Å². The third-order valence-corrected chi connectivity index (χ3v) is 6.24. The van der Waals surface area contributed by atoms with Crippen LogP contribution in [0.1, 0.15) is 26.2 Å². The van der Waals surface area contributed by atoms with Gasteiger partial charge in [-0.15, -0.1) is 0 Å². The van der Waals surface area contributed by atoms with Crippen LogP contribution in [0.5, 0.6) is 0 Å². The monoisotopic (exact) mass is 368 g/mol. The Labute approximate surface area is 155 Å². The highest BCUT2D eigenvalue weighted by atomic mass is 16.6. The van der Waals surface area contributed by atoms with Crippen molar-refractivity contribution in [3.05, 3.63) is 0 Å². The van der Waals surface area contributed by atoms with Gasteiger partial charge in [0.1, 0.15) is 0 Å². The lowest BCUT2D eigenvalue weighted by Crippen LogP contribution is -2.60. The first-order valence-corrected chi connectivity index (χ1v) is 9.82. The average Bonchev–Trinajstić information content (AvgIpc) is 2.96. The lowest BCUT2D eigenvalue weighted by atomic mass is 9.77. The molecule has 3 unspecified atom stereocenters. The Hall–Kier alpha value is -1.38. The lowest BCUT2D eigenvalue weighted by molar-refractivity contribution is -0.141. The van der Waals surface area contributed by atoms with Crippen LogP contribution in [-0.4, -0.2) is 97.0 Å².